The highest BCUT2D eigenvalue weighted by Gasteiger charge is 2.23. The molecule has 1 fully saturated rings. The van der Waals surface area contributed by atoms with Gasteiger partial charge in [-0.2, -0.15) is 0 Å². The Labute approximate surface area is 102 Å². The summed E-state index contributed by atoms with van der Waals surface area (Å²) in [6.45, 7) is 0. The lowest BCUT2D eigenvalue weighted by molar-refractivity contribution is -0.384. The van der Waals surface area contributed by atoms with E-state index in [4.69, 9.17) is 12.2 Å². The van der Waals surface area contributed by atoms with Gasteiger partial charge in [-0.1, -0.05) is 0 Å². The molecule has 1 aliphatic rings. The third-order valence-corrected chi connectivity index (χ3v) is 2.54. The highest BCUT2D eigenvalue weighted by molar-refractivity contribution is 7.80. The molecule has 1 aromatic rings. The van der Waals surface area contributed by atoms with Crippen LogP contribution in [0.2, 0.25) is 0 Å². The van der Waals surface area contributed by atoms with Crippen LogP contribution in [0.25, 0.3) is 0 Å². The van der Waals surface area contributed by atoms with Gasteiger partial charge in [-0.05, 0) is 37.2 Å². The zero-order chi connectivity index (χ0) is 12.4. The lowest BCUT2D eigenvalue weighted by atomic mass is 10.2. The average molecular weight is 255 g/mol. The summed E-state index contributed by atoms with van der Waals surface area (Å²) in [6.07, 6.45) is 2.10. The van der Waals surface area contributed by atoms with Gasteiger partial charge in [-0.25, -0.2) is 4.39 Å². The maximum absolute atomic E-state index is 12.9. The van der Waals surface area contributed by atoms with Gasteiger partial charge in [-0.3, -0.25) is 10.1 Å². The number of hydrogen-bond donors (Lipinski definition) is 2. The molecule has 1 saturated carbocycles. The summed E-state index contributed by atoms with van der Waals surface area (Å²) in [5.74, 6) is -0.650. The fourth-order valence-electron chi connectivity index (χ4n) is 1.33. The largest absolute Gasteiger partial charge is 0.360 e. The standard InChI is InChI=1S/C10H10FN3O2S/c11-6-1-4-8(9(5-6)14(15)16)13-10(17)12-7-2-3-7/h1,4-5,7H,2-3H2,(H2,12,13,17). The van der Waals surface area contributed by atoms with Gasteiger partial charge < -0.3 is 10.6 Å². The second kappa shape index (κ2) is 4.62. The summed E-state index contributed by atoms with van der Waals surface area (Å²) < 4.78 is 12.9. The highest BCUT2D eigenvalue weighted by Crippen LogP contribution is 2.25. The van der Waals surface area contributed by atoms with Crippen molar-refractivity contribution in [2.24, 2.45) is 0 Å². The van der Waals surface area contributed by atoms with Crippen molar-refractivity contribution in [3.63, 3.8) is 0 Å². The van der Waals surface area contributed by atoms with Crippen LogP contribution in [-0.2, 0) is 0 Å². The zero-order valence-electron chi connectivity index (χ0n) is 8.77. The number of hydrogen-bond acceptors (Lipinski definition) is 3. The van der Waals surface area contributed by atoms with Crippen LogP contribution >= 0.6 is 12.2 Å². The molecule has 0 atom stereocenters. The molecule has 0 saturated heterocycles. The number of rotatable bonds is 3. The fraction of sp³-hybridized carbons (Fsp3) is 0.300. The summed E-state index contributed by atoms with van der Waals surface area (Å²) in [5, 5.41) is 16.7. The molecule has 0 radical (unpaired) electrons. The predicted molar refractivity (Wildman–Crippen MR) is 65.4 cm³/mol. The minimum absolute atomic E-state index is 0.189. The van der Waals surface area contributed by atoms with E-state index in [-0.39, 0.29) is 11.4 Å². The van der Waals surface area contributed by atoms with Crippen molar-refractivity contribution in [3.05, 3.63) is 34.1 Å². The van der Waals surface area contributed by atoms with Crippen molar-refractivity contribution in [1.82, 2.24) is 5.32 Å². The maximum Gasteiger partial charge on any atom is 0.295 e. The Morgan fingerprint density at radius 2 is 2.24 bits per heavy atom. The van der Waals surface area contributed by atoms with Crippen molar-refractivity contribution in [1.29, 1.82) is 0 Å². The number of nitro benzene ring substituents is 1. The SMILES string of the molecule is O=[N+]([O-])c1cc(F)ccc1NC(=S)NC1CC1. The van der Waals surface area contributed by atoms with Crippen LogP contribution in [0.4, 0.5) is 15.8 Å². The Kier molecular flexibility index (Phi) is 3.19. The van der Waals surface area contributed by atoms with Crippen LogP contribution in [0.5, 0.6) is 0 Å². The van der Waals surface area contributed by atoms with Gasteiger partial charge in [0.2, 0.25) is 0 Å². The van der Waals surface area contributed by atoms with Gasteiger partial charge in [0, 0.05) is 6.04 Å². The number of nitro groups is 1. The minimum atomic E-state index is -0.650. The quantitative estimate of drug-likeness (QED) is 0.492. The first-order chi connectivity index (χ1) is 8.06. The van der Waals surface area contributed by atoms with Crippen molar-refractivity contribution in [3.8, 4) is 0 Å². The van der Waals surface area contributed by atoms with Crippen molar-refractivity contribution >= 4 is 28.7 Å². The second-order valence-electron chi connectivity index (χ2n) is 3.79. The maximum atomic E-state index is 12.9. The molecule has 0 heterocycles. The number of nitrogens with one attached hydrogen (secondary N) is 2. The molecule has 7 heteroatoms. The van der Waals surface area contributed by atoms with E-state index in [2.05, 4.69) is 10.6 Å². The molecule has 17 heavy (non-hydrogen) atoms. The number of nitrogens with zero attached hydrogens (tertiary/aromatic N) is 1. The van der Waals surface area contributed by atoms with Gasteiger partial charge in [0.05, 0.1) is 11.0 Å². The first-order valence-electron chi connectivity index (χ1n) is 5.08. The number of anilines is 1. The van der Waals surface area contributed by atoms with Crippen molar-refractivity contribution < 1.29 is 9.31 Å². The summed E-state index contributed by atoms with van der Waals surface area (Å²) in [4.78, 5) is 10.1. The van der Waals surface area contributed by atoms with E-state index < -0.39 is 10.7 Å². The Hall–Kier alpha value is -1.76. The Morgan fingerprint density at radius 3 is 2.82 bits per heavy atom. The van der Waals surface area contributed by atoms with E-state index in [9.17, 15) is 14.5 Å². The van der Waals surface area contributed by atoms with Gasteiger partial charge in [-0.15, -0.1) is 0 Å². The number of benzene rings is 1. The first kappa shape index (κ1) is 11.7. The van der Waals surface area contributed by atoms with E-state index in [1.165, 1.54) is 6.07 Å². The molecule has 0 amide bonds. The van der Waals surface area contributed by atoms with Crippen molar-refractivity contribution in [2.45, 2.75) is 18.9 Å². The van der Waals surface area contributed by atoms with Gasteiger partial charge in [0.25, 0.3) is 5.69 Å². The normalized spacial score (nSPS) is 14.2. The molecule has 0 bridgehead atoms. The van der Waals surface area contributed by atoms with Crippen LogP contribution in [0.1, 0.15) is 12.8 Å². The number of halogens is 1. The van der Waals surface area contributed by atoms with Crippen LogP contribution in [-0.4, -0.2) is 16.1 Å². The summed E-state index contributed by atoms with van der Waals surface area (Å²) >= 11 is 4.99. The molecule has 1 aromatic carbocycles. The molecule has 2 N–H and O–H groups in total. The van der Waals surface area contributed by atoms with E-state index >= 15 is 0 Å². The van der Waals surface area contributed by atoms with Crippen LogP contribution in [0.15, 0.2) is 18.2 Å². The molecular formula is C10H10FN3O2S. The molecular weight excluding hydrogens is 245 g/mol. The number of thiocarbonyl (C=S) groups is 1. The molecule has 2 rings (SSSR count). The van der Waals surface area contributed by atoms with Gasteiger partial charge >= 0.3 is 0 Å². The Morgan fingerprint density at radius 1 is 1.53 bits per heavy atom. The Balaban J connectivity index is 2.13. The summed E-state index contributed by atoms with van der Waals surface area (Å²) in [7, 11) is 0. The second-order valence-corrected chi connectivity index (χ2v) is 4.20. The summed E-state index contributed by atoms with van der Waals surface area (Å²) in [6, 6.07) is 3.67. The lowest BCUT2D eigenvalue weighted by Gasteiger charge is -2.09. The lowest BCUT2D eigenvalue weighted by Crippen LogP contribution is -2.30. The highest BCUT2D eigenvalue weighted by atomic mass is 32.1. The summed E-state index contributed by atoms with van der Waals surface area (Å²) in [5.41, 5.74) is -0.139. The predicted octanol–water partition coefficient (Wildman–Crippen LogP) is 2.18. The first-order valence-corrected chi connectivity index (χ1v) is 5.48. The van der Waals surface area contributed by atoms with Crippen molar-refractivity contribution in [2.75, 3.05) is 5.32 Å². The smallest absolute Gasteiger partial charge is 0.295 e. The molecule has 0 spiro atoms. The van der Waals surface area contributed by atoms with Gasteiger partial charge in [0.15, 0.2) is 5.11 Å². The minimum Gasteiger partial charge on any atom is -0.360 e. The van der Waals surface area contributed by atoms with Gasteiger partial charge in [0.1, 0.15) is 11.5 Å². The third kappa shape index (κ3) is 3.10. The molecule has 0 aliphatic heterocycles. The van der Waals surface area contributed by atoms with E-state index in [1.807, 2.05) is 0 Å². The molecule has 5 nitrogen and oxygen atoms in total. The van der Waals surface area contributed by atoms with E-state index in [1.54, 1.807) is 0 Å². The van der Waals surface area contributed by atoms with Crippen LogP contribution in [0.3, 0.4) is 0 Å². The zero-order valence-corrected chi connectivity index (χ0v) is 9.59. The monoisotopic (exact) mass is 255 g/mol. The molecule has 1 aliphatic carbocycles. The van der Waals surface area contributed by atoms with Crippen LogP contribution < -0.4 is 10.6 Å². The average Bonchev–Trinajstić information content (AvgIpc) is 3.04. The topological polar surface area (TPSA) is 67.2 Å². The molecule has 90 valence electrons. The molecule has 0 aromatic heterocycles. The fourth-order valence-corrected chi connectivity index (χ4v) is 1.61. The molecule has 0 unspecified atom stereocenters. The Bertz CT molecular complexity index is 477. The van der Waals surface area contributed by atoms with E-state index in [0.29, 0.717) is 11.2 Å². The van der Waals surface area contributed by atoms with Crippen LogP contribution in [0, 0.1) is 15.9 Å². The third-order valence-electron chi connectivity index (χ3n) is 2.32. The van der Waals surface area contributed by atoms with E-state index in [0.717, 1.165) is 25.0 Å².